The van der Waals surface area contributed by atoms with Crippen molar-refractivity contribution >= 4 is 44.6 Å². The Morgan fingerprint density at radius 2 is 2.07 bits per heavy atom. The Kier molecular flexibility index (Phi) is 5.55. The molecule has 6 nitrogen and oxygen atoms in total. The molecule has 0 aliphatic rings. The fraction of sp³-hybridized carbons (Fsp3) is 0.238. The Bertz CT molecular complexity index is 1120. The fourth-order valence-corrected chi connectivity index (χ4v) is 5.10. The van der Waals surface area contributed by atoms with Crippen LogP contribution in [0.3, 0.4) is 0 Å². The summed E-state index contributed by atoms with van der Waals surface area (Å²) in [4.78, 5) is 30.8. The molecule has 29 heavy (non-hydrogen) atoms. The monoisotopic (exact) mass is 423 g/mol. The minimum atomic E-state index is 0.00192. The first kappa shape index (κ1) is 19.5. The number of rotatable bonds is 6. The Hall–Kier alpha value is -2.84. The van der Waals surface area contributed by atoms with Crippen LogP contribution < -0.4 is 5.32 Å². The fourth-order valence-electron chi connectivity index (χ4n) is 3.14. The minimum Gasteiger partial charge on any atom is -0.364 e. The maximum Gasteiger partial charge on any atom is 0.264 e. The van der Waals surface area contributed by atoms with E-state index >= 15 is 0 Å². The molecule has 0 spiro atoms. The van der Waals surface area contributed by atoms with Crippen LogP contribution in [0.15, 0.2) is 48.2 Å². The summed E-state index contributed by atoms with van der Waals surface area (Å²) in [5.74, 6) is 0.726. The largest absolute Gasteiger partial charge is 0.364 e. The van der Waals surface area contributed by atoms with Crippen LogP contribution >= 0.6 is 22.7 Å². The van der Waals surface area contributed by atoms with Gasteiger partial charge in [0.1, 0.15) is 17.0 Å². The standard InChI is InChI=1S/C21H21N5OS2/c1-13-17-19(23-11-15-7-4-5-9-22-15)24-12-25-20(17)29-18(13)21(27)26(3)14(2)16-8-6-10-28-16/h4-10,12,14H,11H2,1-3H3,(H,23,24,25). The average Bonchev–Trinajstić information content (AvgIpc) is 3.40. The SMILES string of the molecule is Cc1c(C(=O)N(C)C(C)c2cccs2)sc2ncnc(NCc3ccccn3)c12. The zero-order valence-electron chi connectivity index (χ0n) is 16.4. The number of pyridine rings is 1. The Morgan fingerprint density at radius 3 is 2.79 bits per heavy atom. The van der Waals surface area contributed by atoms with Crippen molar-refractivity contribution < 1.29 is 4.79 Å². The number of nitrogens with zero attached hydrogens (tertiary/aromatic N) is 4. The second-order valence-electron chi connectivity index (χ2n) is 6.74. The van der Waals surface area contributed by atoms with Crippen molar-refractivity contribution in [3.05, 3.63) is 69.2 Å². The van der Waals surface area contributed by atoms with Crippen molar-refractivity contribution in [1.82, 2.24) is 19.9 Å². The molecule has 0 saturated carbocycles. The number of amides is 1. The number of fused-ring (bicyclic) bond motifs is 1. The topological polar surface area (TPSA) is 71.0 Å². The Balaban J connectivity index is 1.62. The number of hydrogen-bond acceptors (Lipinski definition) is 7. The highest BCUT2D eigenvalue weighted by Gasteiger charge is 2.25. The highest BCUT2D eigenvalue weighted by molar-refractivity contribution is 7.20. The number of nitrogens with one attached hydrogen (secondary N) is 1. The molecule has 4 aromatic heterocycles. The minimum absolute atomic E-state index is 0.00192. The zero-order chi connectivity index (χ0) is 20.4. The van der Waals surface area contributed by atoms with Crippen molar-refractivity contribution in [2.75, 3.05) is 12.4 Å². The third-order valence-electron chi connectivity index (χ3n) is 4.94. The lowest BCUT2D eigenvalue weighted by Crippen LogP contribution is -2.29. The lowest BCUT2D eigenvalue weighted by Gasteiger charge is -2.23. The quantitative estimate of drug-likeness (QED) is 0.477. The Labute approximate surface area is 177 Å². The maximum atomic E-state index is 13.2. The first-order valence-electron chi connectivity index (χ1n) is 9.24. The van der Waals surface area contributed by atoms with E-state index in [0.717, 1.165) is 32.2 Å². The van der Waals surface area contributed by atoms with Gasteiger partial charge in [-0.3, -0.25) is 9.78 Å². The van der Waals surface area contributed by atoms with Gasteiger partial charge in [-0.05, 0) is 43.0 Å². The van der Waals surface area contributed by atoms with Crippen LogP contribution in [0.5, 0.6) is 0 Å². The van der Waals surface area contributed by atoms with Crippen molar-refractivity contribution in [3.63, 3.8) is 0 Å². The van der Waals surface area contributed by atoms with E-state index in [1.54, 1.807) is 22.4 Å². The van der Waals surface area contributed by atoms with Crippen LogP contribution in [-0.2, 0) is 6.54 Å². The van der Waals surface area contributed by atoms with Gasteiger partial charge in [-0.1, -0.05) is 12.1 Å². The number of aryl methyl sites for hydroxylation is 1. The summed E-state index contributed by atoms with van der Waals surface area (Å²) in [6, 6.07) is 9.89. The van der Waals surface area contributed by atoms with Gasteiger partial charge in [0.15, 0.2) is 0 Å². The molecule has 0 fully saturated rings. The van der Waals surface area contributed by atoms with Gasteiger partial charge < -0.3 is 10.2 Å². The molecule has 8 heteroatoms. The number of anilines is 1. The van der Waals surface area contributed by atoms with Crippen molar-refractivity contribution in [3.8, 4) is 0 Å². The van der Waals surface area contributed by atoms with Crippen LogP contribution in [-0.4, -0.2) is 32.8 Å². The summed E-state index contributed by atoms with van der Waals surface area (Å²) in [6.45, 7) is 4.57. The van der Waals surface area contributed by atoms with E-state index in [4.69, 9.17) is 0 Å². The molecule has 1 unspecified atom stereocenters. The van der Waals surface area contributed by atoms with Crippen molar-refractivity contribution in [1.29, 1.82) is 0 Å². The molecule has 0 radical (unpaired) electrons. The number of thiophene rings is 2. The lowest BCUT2D eigenvalue weighted by atomic mass is 10.1. The molecule has 148 valence electrons. The lowest BCUT2D eigenvalue weighted by molar-refractivity contribution is 0.0749. The summed E-state index contributed by atoms with van der Waals surface area (Å²) in [5, 5.41) is 6.27. The van der Waals surface area contributed by atoms with Crippen LogP contribution in [0.2, 0.25) is 0 Å². The molecule has 1 N–H and O–H groups in total. The van der Waals surface area contributed by atoms with Crippen molar-refractivity contribution in [2.45, 2.75) is 26.4 Å². The number of aromatic nitrogens is 3. The van der Waals surface area contributed by atoms with Gasteiger partial charge in [0.25, 0.3) is 5.91 Å². The number of hydrogen-bond donors (Lipinski definition) is 1. The van der Waals surface area contributed by atoms with E-state index in [1.165, 1.54) is 17.7 Å². The third kappa shape index (κ3) is 3.86. The average molecular weight is 424 g/mol. The van der Waals surface area contributed by atoms with E-state index in [1.807, 2.05) is 50.5 Å². The van der Waals surface area contributed by atoms with Gasteiger partial charge >= 0.3 is 0 Å². The molecule has 4 heterocycles. The van der Waals surface area contributed by atoms with Gasteiger partial charge in [-0.25, -0.2) is 9.97 Å². The van der Waals surface area contributed by atoms with E-state index in [9.17, 15) is 4.79 Å². The van der Waals surface area contributed by atoms with E-state index < -0.39 is 0 Å². The van der Waals surface area contributed by atoms with Gasteiger partial charge in [-0.15, -0.1) is 22.7 Å². The molecular weight excluding hydrogens is 402 g/mol. The molecular formula is C21H21N5OS2. The summed E-state index contributed by atoms with van der Waals surface area (Å²) in [7, 11) is 1.85. The molecule has 4 rings (SSSR count). The number of carbonyl (C=O) groups excluding carboxylic acids is 1. The summed E-state index contributed by atoms with van der Waals surface area (Å²) in [5.41, 5.74) is 1.83. The second kappa shape index (κ2) is 8.26. The molecule has 0 bridgehead atoms. The molecule has 1 atom stereocenters. The predicted octanol–water partition coefficient (Wildman–Crippen LogP) is 4.90. The van der Waals surface area contributed by atoms with E-state index in [2.05, 4.69) is 26.3 Å². The molecule has 4 aromatic rings. The maximum absolute atomic E-state index is 13.2. The number of carbonyl (C=O) groups is 1. The zero-order valence-corrected chi connectivity index (χ0v) is 18.0. The van der Waals surface area contributed by atoms with Gasteiger partial charge in [0.2, 0.25) is 0 Å². The highest BCUT2D eigenvalue weighted by atomic mass is 32.1. The molecule has 0 saturated heterocycles. The first-order chi connectivity index (χ1) is 14.1. The first-order valence-corrected chi connectivity index (χ1v) is 10.9. The van der Waals surface area contributed by atoms with E-state index in [0.29, 0.717) is 11.4 Å². The molecule has 0 aliphatic carbocycles. The van der Waals surface area contributed by atoms with Gasteiger partial charge in [0, 0.05) is 18.1 Å². The highest BCUT2D eigenvalue weighted by Crippen LogP contribution is 2.35. The second-order valence-corrected chi connectivity index (χ2v) is 8.72. The summed E-state index contributed by atoms with van der Waals surface area (Å²) < 4.78 is 0. The normalized spacial score (nSPS) is 12.1. The summed E-state index contributed by atoms with van der Waals surface area (Å²) >= 11 is 3.08. The third-order valence-corrected chi connectivity index (χ3v) is 7.17. The van der Waals surface area contributed by atoms with E-state index in [-0.39, 0.29) is 11.9 Å². The predicted molar refractivity (Wildman–Crippen MR) is 119 cm³/mol. The van der Waals surface area contributed by atoms with Gasteiger partial charge in [-0.2, -0.15) is 0 Å². The van der Waals surface area contributed by atoms with Crippen LogP contribution in [0.25, 0.3) is 10.2 Å². The molecule has 0 aliphatic heterocycles. The van der Waals surface area contributed by atoms with Crippen LogP contribution in [0.4, 0.5) is 5.82 Å². The smallest absolute Gasteiger partial charge is 0.264 e. The Morgan fingerprint density at radius 1 is 1.21 bits per heavy atom. The van der Waals surface area contributed by atoms with Gasteiger partial charge in [0.05, 0.1) is 28.5 Å². The molecule has 0 aromatic carbocycles. The van der Waals surface area contributed by atoms with Crippen LogP contribution in [0, 0.1) is 6.92 Å². The summed E-state index contributed by atoms with van der Waals surface area (Å²) in [6.07, 6.45) is 3.30. The molecule has 1 amide bonds. The van der Waals surface area contributed by atoms with Crippen LogP contribution in [0.1, 0.15) is 38.8 Å². The van der Waals surface area contributed by atoms with Crippen molar-refractivity contribution in [2.24, 2.45) is 0 Å².